The molecule has 1 aromatic rings. The summed E-state index contributed by atoms with van der Waals surface area (Å²) in [5, 5.41) is 1.97. The Balaban J connectivity index is 2.59. The van der Waals surface area contributed by atoms with Crippen molar-refractivity contribution in [2.24, 2.45) is 0 Å². The summed E-state index contributed by atoms with van der Waals surface area (Å²) in [6, 6.07) is 1.96. The molecule has 0 amide bonds. The van der Waals surface area contributed by atoms with E-state index in [1.807, 2.05) is 23.6 Å². The zero-order chi connectivity index (χ0) is 12.5. The molecule has 2 rings (SSSR count). The van der Waals surface area contributed by atoms with Gasteiger partial charge in [-0.1, -0.05) is 0 Å². The second-order valence-electron chi connectivity index (χ2n) is 3.65. The summed E-state index contributed by atoms with van der Waals surface area (Å²) in [5.41, 5.74) is 0.915. The van der Waals surface area contributed by atoms with Gasteiger partial charge in [-0.25, -0.2) is 0 Å². The van der Waals surface area contributed by atoms with Gasteiger partial charge in [-0.3, -0.25) is 0 Å². The van der Waals surface area contributed by atoms with Gasteiger partial charge in [0.15, 0.2) is 0 Å². The molecule has 1 heterocycles. The summed E-state index contributed by atoms with van der Waals surface area (Å²) in [4.78, 5) is 0.939. The van der Waals surface area contributed by atoms with Crippen molar-refractivity contribution in [1.82, 2.24) is 0 Å². The fourth-order valence-corrected chi connectivity index (χ4v) is 3.16. The third-order valence-electron chi connectivity index (χ3n) is 3.09. The minimum atomic E-state index is -0.851. The van der Waals surface area contributed by atoms with E-state index in [0.717, 1.165) is 10.4 Å². The van der Waals surface area contributed by atoms with Crippen molar-refractivity contribution in [2.45, 2.75) is 11.6 Å². The van der Waals surface area contributed by atoms with E-state index in [4.69, 9.17) is 18.9 Å². The van der Waals surface area contributed by atoms with Gasteiger partial charge in [0.1, 0.15) is 0 Å². The second-order valence-corrected chi connectivity index (χ2v) is 4.56. The lowest BCUT2D eigenvalue weighted by atomic mass is 9.95. The van der Waals surface area contributed by atoms with E-state index < -0.39 is 11.6 Å². The van der Waals surface area contributed by atoms with Crippen molar-refractivity contribution in [2.75, 3.05) is 28.4 Å². The molecule has 94 valence electrons. The first-order chi connectivity index (χ1) is 8.18. The summed E-state index contributed by atoms with van der Waals surface area (Å²) in [5.74, 6) is -1.69. The number of methoxy groups -OCH3 is 4. The largest absolute Gasteiger partial charge is 0.346 e. The molecule has 0 N–H and O–H groups in total. The fourth-order valence-electron chi connectivity index (χ4n) is 2.08. The highest BCUT2D eigenvalue weighted by molar-refractivity contribution is 7.10. The Morgan fingerprint density at radius 2 is 1.41 bits per heavy atom. The van der Waals surface area contributed by atoms with Crippen LogP contribution in [0.3, 0.4) is 0 Å². The van der Waals surface area contributed by atoms with Crippen molar-refractivity contribution < 1.29 is 18.9 Å². The van der Waals surface area contributed by atoms with Gasteiger partial charge in [0, 0.05) is 34.0 Å². The highest BCUT2D eigenvalue weighted by atomic mass is 32.1. The predicted molar refractivity (Wildman–Crippen MR) is 64.9 cm³/mol. The lowest BCUT2D eigenvalue weighted by Crippen LogP contribution is -2.39. The third-order valence-corrected chi connectivity index (χ3v) is 4.10. The monoisotopic (exact) mass is 256 g/mol. The molecule has 17 heavy (non-hydrogen) atoms. The van der Waals surface area contributed by atoms with Crippen LogP contribution in [0.4, 0.5) is 0 Å². The number of hydrogen-bond acceptors (Lipinski definition) is 5. The number of ether oxygens (including phenoxy) is 4. The molecule has 0 spiro atoms. The quantitative estimate of drug-likeness (QED) is 0.611. The molecule has 5 heteroatoms. The van der Waals surface area contributed by atoms with E-state index in [-0.39, 0.29) is 0 Å². The molecule has 0 fully saturated rings. The molecular weight excluding hydrogens is 240 g/mol. The minimum absolute atomic E-state index is 0.843. The van der Waals surface area contributed by atoms with Crippen LogP contribution >= 0.6 is 11.3 Å². The maximum atomic E-state index is 5.49. The Morgan fingerprint density at radius 1 is 0.882 bits per heavy atom. The minimum Gasteiger partial charge on any atom is -0.346 e. The van der Waals surface area contributed by atoms with Crippen LogP contribution in [0, 0.1) is 0 Å². The van der Waals surface area contributed by atoms with Gasteiger partial charge in [0.05, 0.1) is 4.88 Å². The summed E-state index contributed by atoms with van der Waals surface area (Å²) < 4.78 is 21.9. The van der Waals surface area contributed by atoms with Crippen LogP contribution in [-0.2, 0) is 30.5 Å². The molecule has 0 saturated heterocycles. The number of thiophene rings is 1. The van der Waals surface area contributed by atoms with Gasteiger partial charge in [0.2, 0.25) is 11.6 Å². The normalized spacial score (nSPS) is 20.2. The van der Waals surface area contributed by atoms with Crippen molar-refractivity contribution in [3.63, 3.8) is 0 Å². The Labute approximate surface area is 105 Å². The molecule has 4 nitrogen and oxygen atoms in total. The summed E-state index contributed by atoms with van der Waals surface area (Å²) in [6.07, 6.45) is 3.63. The molecule has 0 radical (unpaired) electrons. The standard InChI is InChI=1S/C12H16O4S/c1-13-11(14-2)6-7-12(15-3,16-4)10-9(11)5-8-17-10/h5-8H,1-4H3. The van der Waals surface area contributed by atoms with Gasteiger partial charge >= 0.3 is 0 Å². The molecule has 1 aliphatic carbocycles. The molecule has 0 aromatic carbocycles. The molecule has 0 unspecified atom stereocenters. The first-order valence-electron chi connectivity index (χ1n) is 5.17. The van der Waals surface area contributed by atoms with Crippen molar-refractivity contribution in [3.05, 3.63) is 34.0 Å². The van der Waals surface area contributed by atoms with E-state index in [2.05, 4.69) is 0 Å². The summed E-state index contributed by atoms with van der Waals surface area (Å²) >= 11 is 1.55. The number of hydrogen-bond donors (Lipinski definition) is 0. The van der Waals surface area contributed by atoms with Crippen LogP contribution in [0.1, 0.15) is 10.4 Å². The zero-order valence-electron chi connectivity index (χ0n) is 10.4. The van der Waals surface area contributed by atoms with Gasteiger partial charge in [-0.05, 0) is 23.6 Å². The second kappa shape index (κ2) is 4.51. The third kappa shape index (κ3) is 1.66. The van der Waals surface area contributed by atoms with E-state index in [1.54, 1.807) is 39.8 Å². The average molecular weight is 256 g/mol. The first-order valence-corrected chi connectivity index (χ1v) is 6.05. The Morgan fingerprint density at radius 3 is 1.94 bits per heavy atom. The summed E-state index contributed by atoms with van der Waals surface area (Å²) in [7, 11) is 6.46. The fraction of sp³-hybridized carbons (Fsp3) is 0.500. The molecular formula is C12H16O4S. The molecule has 0 aliphatic heterocycles. The van der Waals surface area contributed by atoms with E-state index >= 15 is 0 Å². The van der Waals surface area contributed by atoms with Crippen LogP contribution in [0.25, 0.3) is 0 Å². The molecule has 0 saturated carbocycles. The van der Waals surface area contributed by atoms with Gasteiger partial charge in [-0.15, -0.1) is 11.3 Å². The summed E-state index contributed by atoms with van der Waals surface area (Å²) in [6.45, 7) is 0. The van der Waals surface area contributed by atoms with Crippen molar-refractivity contribution >= 4 is 11.3 Å². The highest BCUT2D eigenvalue weighted by Gasteiger charge is 2.45. The van der Waals surface area contributed by atoms with Gasteiger partial charge in [-0.2, -0.15) is 0 Å². The van der Waals surface area contributed by atoms with E-state index in [0.29, 0.717) is 0 Å². The lowest BCUT2D eigenvalue weighted by molar-refractivity contribution is -0.208. The highest BCUT2D eigenvalue weighted by Crippen LogP contribution is 2.45. The number of rotatable bonds is 4. The van der Waals surface area contributed by atoms with Crippen LogP contribution < -0.4 is 0 Å². The maximum absolute atomic E-state index is 5.49. The van der Waals surface area contributed by atoms with Crippen molar-refractivity contribution in [3.8, 4) is 0 Å². The predicted octanol–water partition coefficient (Wildman–Crippen LogP) is 2.21. The topological polar surface area (TPSA) is 36.9 Å². The number of fused-ring (bicyclic) bond motifs is 1. The Kier molecular flexibility index (Phi) is 3.38. The molecule has 1 aromatic heterocycles. The van der Waals surface area contributed by atoms with Crippen LogP contribution in [-0.4, -0.2) is 28.4 Å². The SMILES string of the molecule is COC1(OC)C=CC(OC)(OC)c2sccc21. The van der Waals surface area contributed by atoms with Crippen molar-refractivity contribution in [1.29, 1.82) is 0 Å². The molecule has 1 aliphatic rings. The average Bonchev–Trinajstić information content (AvgIpc) is 2.88. The molecule has 0 atom stereocenters. The van der Waals surface area contributed by atoms with Crippen LogP contribution in [0.15, 0.2) is 23.6 Å². The maximum Gasteiger partial charge on any atom is 0.224 e. The van der Waals surface area contributed by atoms with Gasteiger partial charge < -0.3 is 18.9 Å². The Hall–Kier alpha value is -0.720. The van der Waals surface area contributed by atoms with Crippen LogP contribution in [0.5, 0.6) is 0 Å². The van der Waals surface area contributed by atoms with Crippen LogP contribution in [0.2, 0.25) is 0 Å². The van der Waals surface area contributed by atoms with Gasteiger partial charge in [0.25, 0.3) is 0 Å². The Bertz CT molecular complexity index is 379. The zero-order valence-corrected chi connectivity index (χ0v) is 11.2. The van der Waals surface area contributed by atoms with E-state index in [1.165, 1.54) is 0 Å². The molecule has 0 bridgehead atoms. The first kappa shape index (κ1) is 12.7. The smallest absolute Gasteiger partial charge is 0.224 e. The van der Waals surface area contributed by atoms with E-state index in [9.17, 15) is 0 Å². The lowest BCUT2D eigenvalue weighted by Gasteiger charge is -2.38.